The van der Waals surface area contributed by atoms with Crippen LogP contribution >= 0.6 is 0 Å². The van der Waals surface area contributed by atoms with Gasteiger partial charge in [-0.3, -0.25) is 4.99 Å². The molecule has 2 aliphatic carbocycles. The fourth-order valence-electron chi connectivity index (χ4n) is 4.34. The first-order valence-electron chi connectivity index (χ1n) is 9.54. The molecule has 1 amide bonds. The van der Waals surface area contributed by atoms with E-state index in [1.807, 2.05) is 7.05 Å². The first kappa shape index (κ1) is 17.4. The van der Waals surface area contributed by atoms with Crippen molar-refractivity contribution in [1.82, 2.24) is 15.5 Å². The summed E-state index contributed by atoms with van der Waals surface area (Å²) in [4.78, 5) is 17.7. The summed E-state index contributed by atoms with van der Waals surface area (Å²) in [6, 6.07) is 0.985. The van der Waals surface area contributed by atoms with Gasteiger partial charge in [-0.1, -0.05) is 32.1 Å². The summed E-state index contributed by atoms with van der Waals surface area (Å²) in [5, 5.41) is 7.15. The van der Waals surface area contributed by atoms with E-state index in [1.54, 1.807) is 4.90 Å². The molecule has 24 heavy (non-hydrogen) atoms. The second kappa shape index (κ2) is 8.08. The highest BCUT2D eigenvalue weighted by Gasteiger charge is 2.43. The van der Waals surface area contributed by atoms with Gasteiger partial charge in [0.1, 0.15) is 0 Å². The molecule has 2 N–H and O–H groups in total. The topological polar surface area (TPSA) is 66.0 Å². The number of nitrogens with zero attached hydrogens (tertiary/aromatic N) is 2. The first-order valence-corrected chi connectivity index (χ1v) is 9.54. The Hall–Kier alpha value is -1.46. The van der Waals surface area contributed by atoms with Gasteiger partial charge in [0.2, 0.25) is 0 Å². The number of nitrogens with one attached hydrogen (secondary N) is 2. The molecule has 2 atom stereocenters. The summed E-state index contributed by atoms with van der Waals surface area (Å²) in [6.07, 6.45) is 10.0. The monoisotopic (exact) mass is 336 g/mol. The van der Waals surface area contributed by atoms with Gasteiger partial charge in [0.15, 0.2) is 5.96 Å². The summed E-state index contributed by atoms with van der Waals surface area (Å²) >= 11 is 0. The highest BCUT2D eigenvalue weighted by Crippen LogP contribution is 2.44. The van der Waals surface area contributed by atoms with Gasteiger partial charge in [0, 0.05) is 32.2 Å². The van der Waals surface area contributed by atoms with E-state index < -0.39 is 0 Å². The molecule has 136 valence electrons. The maximum atomic E-state index is 11.5. The van der Waals surface area contributed by atoms with Crippen LogP contribution in [0, 0.1) is 11.8 Å². The number of methoxy groups -OCH3 is 1. The third-order valence-electron chi connectivity index (χ3n) is 5.91. The molecule has 2 saturated carbocycles. The highest BCUT2D eigenvalue weighted by molar-refractivity contribution is 5.80. The van der Waals surface area contributed by atoms with Gasteiger partial charge in [-0.2, -0.15) is 0 Å². The maximum Gasteiger partial charge on any atom is 0.409 e. The van der Waals surface area contributed by atoms with Gasteiger partial charge in [0.25, 0.3) is 0 Å². The molecule has 3 rings (SSSR count). The fraction of sp³-hybridized carbons (Fsp3) is 0.889. The molecule has 6 heteroatoms. The average molecular weight is 336 g/mol. The number of ether oxygens (including phenoxy) is 1. The van der Waals surface area contributed by atoms with Crippen molar-refractivity contribution in [1.29, 1.82) is 0 Å². The number of rotatable bonds is 3. The molecular weight excluding hydrogens is 304 g/mol. The third-order valence-corrected chi connectivity index (χ3v) is 5.91. The van der Waals surface area contributed by atoms with Crippen LogP contribution in [0.2, 0.25) is 0 Å². The number of aliphatic imine (C=N–C) groups is 1. The van der Waals surface area contributed by atoms with Crippen molar-refractivity contribution in [2.24, 2.45) is 16.8 Å². The predicted octanol–water partition coefficient (Wildman–Crippen LogP) is 2.35. The van der Waals surface area contributed by atoms with Crippen LogP contribution < -0.4 is 10.6 Å². The van der Waals surface area contributed by atoms with Crippen LogP contribution in [-0.2, 0) is 4.74 Å². The first-order chi connectivity index (χ1) is 11.7. The van der Waals surface area contributed by atoms with Crippen LogP contribution in [0.5, 0.6) is 0 Å². The van der Waals surface area contributed by atoms with Crippen molar-refractivity contribution in [3.8, 4) is 0 Å². The average Bonchev–Trinajstić information content (AvgIpc) is 3.41. The Balaban J connectivity index is 1.39. The Morgan fingerprint density at radius 1 is 1.08 bits per heavy atom. The molecule has 2 unspecified atom stereocenters. The second-order valence-electron chi connectivity index (χ2n) is 7.50. The Morgan fingerprint density at radius 3 is 2.42 bits per heavy atom. The molecule has 6 nitrogen and oxygen atoms in total. The van der Waals surface area contributed by atoms with E-state index in [-0.39, 0.29) is 6.09 Å². The van der Waals surface area contributed by atoms with Crippen LogP contribution in [0.4, 0.5) is 4.79 Å². The third kappa shape index (κ3) is 4.33. The van der Waals surface area contributed by atoms with Gasteiger partial charge in [-0.15, -0.1) is 0 Å². The zero-order valence-electron chi connectivity index (χ0n) is 15.1. The number of guanidine groups is 1. The summed E-state index contributed by atoms with van der Waals surface area (Å²) in [7, 11) is 3.29. The number of hydrogen-bond acceptors (Lipinski definition) is 3. The van der Waals surface area contributed by atoms with Gasteiger partial charge < -0.3 is 20.3 Å². The quantitative estimate of drug-likeness (QED) is 0.613. The maximum absolute atomic E-state index is 11.5. The molecule has 0 radical (unpaired) electrons. The normalized spacial score (nSPS) is 29.2. The molecule has 3 aliphatic rings. The summed E-state index contributed by atoms with van der Waals surface area (Å²) in [5.41, 5.74) is 0. The molecule has 0 aromatic heterocycles. The van der Waals surface area contributed by atoms with Crippen LogP contribution in [0.1, 0.15) is 51.4 Å². The van der Waals surface area contributed by atoms with E-state index >= 15 is 0 Å². The Morgan fingerprint density at radius 2 is 1.79 bits per heavy atom. The van der Waals surface area contributed by atoms with E-state index in [1.165, 1.54) is 45.6 Å². The van der Waals surface area contributed by atoms with E-state index in [2.05, 4.69) is 15.6 Å². The lowest BCUT2D eigenvalue weighted by atomic mass is 9.85. The van der Waals surface area contributed by atoms with Gasteiger partial charge in [-0.05, 0) is 31.1 Å². The number of likely N-dealkylation sites (tertiary alicyclic amines) is 1. The number of carbonyl (C=O) groups excluding carboxylic acids is 1. The largest absolute Gasteiger partial charge is 0.453 e. The van der Waals surface area contributed by atoms with E-state index in [9.17, 15) is 4.79 Å². The molecular formula is C18H32N4O2. The molecule has 3 fully saturated rings. The summed E-state index contributed by atoms with van der Waals surface area (Å²) in [6.45, 7) is 1.49. The molecule has 1 saturated heterocycles. The van der Waals surface area contributed by atoms with E-state index in [0.717, 1.165) is 43.7 Å². The van der Waals surface area contributed by atoms with Crippen molar-refractivity contribution in [3.63, 3.8) is 0 Å². The van der Waals surface area contributed by atoms with Gasteiger partial charge in [0.05, 0.1) is 7.11 Å². The van der Waals surface area contributed by atoms with Crippen molar-refractivity contribution in [2.45, 2.75) is 63.5 Å². The molecule has 0 aromatic rings. The lowest BCUT2D eigenvalue weighted by molar-refractivity contribution is 0.111. The van der Waals surface area contributed by atoms with Gasteiger partial charge in [-0.25, -0.2) is 4.79 Å². The molecule has 1 heterocycles. The zero-order chi connectivity index (χ0) is 16.9. The number of hydrogen-bond donors (Lipinski definition) is 2. The number of carbonyl (C=O) groups is 1. The van der Waals surface area contributed by atoms with Crippen molar-refractivity contribution in [3.05, 3.63) is 0 Å². The van der Waals surface area contributed by atoms with Crippen LogP contribution in [0.3, 0.4) is 0 Å². The van der Waals surface area contributed by atoms with Crippen molar-refractivity contribution < 1.29 is 9.53 Å². The minimum Gasteiger partial charge on any atom is -0.453 e. The highest BCUT2D eigenvalue weighted by atomic mass is 16.5. The lowest BCUT2D eigenvalue weighted by Crippen LogP contribution is -2.50. The standard InChI is InChI=1S/C18H32N4O2/c1-19-17(20-14-8-10-22(11-9-14)18(23)24-2)21-16-12-15(16)13-6-4-3-5-7-13/h13-16H,3-12H2,1-2H3,(H2,19,20,21). The molecule has 0 bridgehead atoms. The van der Waals surface area contributed by atoms with Crippen LogP contribution in [0.25, 0.3) is 0 Å². The van der Waals surface area contributed by atoms with E-state index in [0.29, 0.717) is 12.1 Å². The Bertz CT molecular complexity index is 454. The minimum absolute atomic E-state index is 0.218. The van der Waals surface area contributed by atoms with Gasteiger partial charge >= 0.3 is 6.09 Å². The molecule has 1 aliphatic heterocycles. The van der Waals surface area contributed by atoms with Crippen molar-refractivity contribution >= 4 is 12.1 Å². The molecule has 0 aromatic carbocycles. The Kier molecular flexibility index (Phi) is 5.85. The predicted molar refractivity (Wildman–Crippen MR) is 95.1 cm³/mol. The number of amides is 1. The van der Waals surface area contributed by atoms with E-state index in [4.69, 9.17) is 4.74 Å². The lowest BCUT2D eigenvalue weighted by Gasteiger charge is -2.32. The van der Waals surface area contributed by atoms with Crippen molar-refractivity contribution in [2.75, 3.05) is 27.2 Å². The summed E-state index contributed by atoms with van der Waals surface area (Å²) in [5.74, 6) is 2.71. The second-order valence-corrected chi connectivity index (χ2v) is 7.50. The van der Waals surface area contributed by atoms with Crippen LogP contribution in [-0.4, -0.2) is 56.3 Å². The fourth-order valence-corrected chi connectivity index (χ4v) is 4.34. The molecule has 0 spiro atoms. The van der Waals surface area contributed by atoms with Crippen LogP contribution in [0.15, 0.2) is 4.99 Å². The Labute approximate surface area is 145 Å². The summed E-state index contributed by atoms with van der Waals surface area (Å²) < 4.78 is 4.79. The zero-order valence-corrected chi connectivity index (χ0v) is 15.1. The SMILES string of the molecule is CN=C(NC1CCN(C(=O)OC)CC1)NC1CC1C1CCCCC1. The smallest absolute Gasteiger partial charge is 0.409 e. The minimum atomic E-state index is -0.218. The number of piperidine rings is 1.